The van der Waals surface area contributed by atoms with Gasteiger partial charge in [0, 0.05) is 43.5 Å². The summed E-state index contributed by atoms with van der Waals surface area (Å²) in [6, 6.07) is 6.63. The van der Waals surface area contributed by atoms with E-state index in [0.717, 1.165) is 0 Å². The van der Waals surface area contributed by atoms with E-state index in [1.165, 1.54) is 4.90 Å². The number of aryl methyl sites for hydroxylation is 1. The van der Waals surface area contributed by atoms with Crippen LogP contribution in [0, 0.1) is 0 Å². The van der Waals surface area contributed by atoms with Crippen LogP contribution in [-0.2, 0) is 19.0 Å². The number of anilines is 2. The van der Waals surface area contributed by atoms with Crippen LogP contribution < -0.4 is 10.6 Å². The molecule has 4 aromatic rings. The Hall–Kier alpha value is -4.33. The molecule has 11 nitrogen and oxygen atoms in total. The second kappa shape index (κ2) is 10.9. The Morgan fingerprint density at radius 3 is 2.66 bits per heavy atom. The van der Waals surface area contributed by atoms with Crippen LogP contribution in [-0.4, -0.2) is 60.0 Å². The van der Waals surface area contributed by atoms with Gasteiger partial charge in [0.15, 0.2) is 0 Å². The van der Waals surface area contributed by atoms with E-state index >= 15 is 0 Å². The lowest BCUT2D eigenvalue weighted by Gasteiger charge is -2.22. The molecular weight excluding hydrogens is 539 g/mol. The third-order valence-corrected chi connectivity index (χ3v) is 6.54. The highest BCUT2D eigenvalue weighted by Gasteiger charge is 2.34. The maximum atomic E-state index is 13.4. The Labute approximate surface area is 234 Å². The Kier molecular flexibility index (Phi) is 7.51. The van der Waals surface area contributed by atoms with E-state index in [9.17, 15) is 18.0 Å². The van der Waals surface area contributed by atoms with Crippen molar-refractivity contribution < 1.29 is 22.5 Å². The van der Waals surface area contributed by atoms with Crippen molar-refractivity contribution in [3.05, 3.63) is 65.7 Å². The molecule has 0 saturated carbocycles. The quantitative estimate of drug-likeness (QED) is 0.344. The van der Waals surface area contributed by atoms with Crippen molar-refractivity contribution in [1.82, 2.24) is 40.1 Å². The number of aromatic nitrogens is 6. The first-order chi connectivity index (χ1) is 19.3. The highest BCUT2D eigenvalue weighted by molar-refractivity contribution is 5.90. The summed E-state index contributed by atoms with van der Waals surface area (Å²) in [4.78, 5) is 27.4. The van der Waals surface area contributed by atoms with Crippen LogP contribution in [0.25, 0.3) is 11.3 Å². The van der Waals surface area contributed by atoms with E-state index in [4.69, 9.17) is 4.52 Å². The van der Waals surface area contributed by atoms with Crippen LogP contribution in [0.3, 0.4) is 0 Å². The molecule has 1 amide bonds. The van der Waals surface area contributed by atoms with Gasteiger partial charge in [0.1, 0.15) is 0 Å². The number of halogens is 3. The second-order valence-electron chi connectivity index (χ2n) is 11.0. The molecule has 2 N–H and O–H groups in total. The predicted octanol–water partition coefficient (Wildman–Crippen LogP) is 4.54. The zero-order chi connectivity index (χ0) is 29.4. The summed E-state index contributed by atoms with van der Waals surface area (Å²) in [5.41, 5.74) is 2.93. The van der Waals surface area contributed by atoms with Crippen LogP contribution in [0.5, 0.6) is 0 Å². The lowest BCUT2D eigenvalue weighted by molar-refractivity contribution is -0.147. The summed E-state index contributed by atoms with van der Waals surface area (Å²) >= 11 is 0. The van der Waals surface area contributed by atoms with E-state index in [0.29, 0.717) is 39.9 Å². The molecule has 4 heterocycles. The van der Waals surface area contributed by atoms with Gasteiger partial charge in [-0.1, -0.05) is 38.1 Å². The van der Waals surface area contributed by atoms with Crippen LogP contribution in [0.15, 0.2) is 47.4 Å². The summed E-state index contributed by atoms with van der Waals surface area (Å²) in [6.07, 6.45) is 0.920. The molecule has 1 aliphatic rings. The number of rotatable bonds is 6. The SMILES string of the molecule is Cn1cc(Nc2nccc(-c3ccc4c(c3)CN(CC(F)(F)F)CCC4NC(=O)c3noc(C(C)(C)C)n3)n2)cn1. The van der Waals surface area contributed by atoms with Gasteiger partial charge in [0.05, 0.1) is 30.2 Å². The largest absolute Gasteiger partial charge is 0.401 e. The lowest BCUT2D eigenvalue weighted by Crippen LogP contribution is -2.35. The number of nitrogens with zero attached hydrogens (tertiary/aromatic N) is 7. The molecule has 0 saturated heterocycles. The Bertz CT molecular complexity index is 1540. The first kappa shape index (κ1) is 28.2. The normalized spacial score (nSPS) is 16.2. The smallest absolute Gasteiger partial charge is 0.342 e. The average Bonchev–Trinajstić information content (AvgIpc) is 3.52. The maximum absolute atomic E-state index is 13.4. The number of fused-ring (bicyclic) bond motifs is 1. The minimum atomic E-state index is -4.37. The third kappa shape index (κ3) is 6.88. The van der Waals surface area contributed by atoms with Crippen molar-refractivity contribution in [2.24, 2.45) is 7.05 Å². The Balaban J connectivity index is 1.43. The van der Waals surface area contributed by atoms with Crippen molar-refractivity contribution in [3.63, 3.8) is 0 Å². The predicted molar refractivity (Wildman–Crippen MR) is 143 cm³/mol. The number of amides is 1. The van der Waals surface area contributed by atoms with Crippen molar-refractivity contribution in [3.8, 4) is 11.3 Å². The molecule has 0 fully saturated rings. The first-order valence-corrected chi connectivity index (χ1v) is 13.0. The van der Waals surface area contributed by atoms with Gasteiger partial charge >= 0.3 is 6.18 Å². The van der Waals surface area contributed by atoms with E-state index in [1.807, 2.05) is 39.0 Å². The molecule has 1 unspecified atom stereocenters. The van der Waals surface area contributed by atoms with Gasteiger partial charge in [0.25, 0.3) is 11.7 Å². The number of carbonyl (C=O) groups is 1. The Morgan fingerprint density at radius 1 is 1.17 bits per heavy atom. The fraction of sp³-hybridized carbons (Fsp3) is 0.407. The molecule has 41 heavy (non-hydrogen) atoms. The van der Waals surface area contributed by atoms with Gasteiger partial charge in [-0.3, -0.25) is 14.4 Å². The minimum Gasteiger partial charge on any atom is -0.342 e. The van der Waals surface area contributed by atoms with Gasteiger partial charge in [-0.15, -0.1) is 0 Å². The summed E-state index contributed by atoms with van der Waals surface area (Å²) in [6.45, 7) is 4.76. The molecule has 0 radical (unpaired) electrons. The van der Waals surface area contributed by atoms with Gasteiger partial charge in [-0.2, -0.15) is 23.3 Å². The Morgan fingerprint density at radius 2 is 1.98 bits per heavy atom. The van der Waals surface area contributed by atoms with E-state index in [1.54, 1.807) is 36.4 Å². The molecule has 14 heteroatoms. The number of benzene rings is 1. The maximum Gasteiger partial charge on any atom is 0.401 e. The molecule has 216 valence electrons. The fourth-order valence-corrected chi connectivity index (χ4v) is 4.61. The van der Waals surface area contributed by atoms with Crippen LogP contribution in [0.2, 0.25) is 0 Å². The highest BCUT2D eigenvalue weighted by atomic mass is 19.4. The van der Waals surface area contributed by atoms with Crippen molar-refractivity contribution >= 4 is 17.5 Å². The number of nitrogens with one attached hydrogen (secondary N) is 2. The number of alkyl halides is 3. The summed E-state index contributed by atoms with van der Waals surface area (Å²) in [5, 5.41) is 13.9. The monoisotopic (exact) mass is 569 g/mol. The lowest BCUT2D eigenvalue weighted by atomic mass is 9.96. The van der Waals surface area contributed by atoms with Crippen molar-refractivity contribution in [1.29, 1.82) is 0 Å². The van der Waals surface area contributed by atoms with Crippen LogP contribution in [0.4, 0.5) is 24.8 Å². The molecule has 1 aromatic carbocycles. The van der Waals surface area contributed by atoms with Gasteiger partial charge in [0.2, 0.25) is 11.8 Å². The summed E-state index contributed by atoms with van der Waals surface area (Å²) < 4.78 is 47.0. The van der Waals surface area contributed by atoms with E-state index in [2.05, 4.69) is 35.8 Å². The molecule has 5 rings (SSSR count). The third-order valence-electron chi connectivity index (χ3n) is 6.54. The molecule has 0 spiro atoms. The number of hydrogen-bond acceptors (Lipinski definition) is 9. The van der Waals surface area contributed by atoms with E-state index < -0.39 is 30.1 Å². The zero-order valence-corrected chi connectivity index (χ0v) is 23.0. The highest BCUT2D eigenvalue weighted by Crippen LogP contribution is 2.32. The van der Waals surface area contributed by atoms with Crippen molar-refractivity contribution in [2.75, 3.05) is 18.4 Å². The first-order valence-electron chi connectivity index (χ1n) is 13.0. The minimum absolute atomic E-state index is 0.0529. The van der Waals surface area contributed by atoms with Crippen LogP contribution >= 0.6 is 0 Å². The van der Waals surface area contributed by atoms with E-state index in [-0.39, 0.29) is 25.3 Å². The summed E-state index contributed by atoms with van der Waals surface area (Å²) in [5.74, 6) is -0.0225. The molecule has 1 atom stereocenters. The van der Waals surface area contributed by atoms with Gasteiger partial charge < -0.3 is 15.2 Å². The second-order valence-corrected chi connectivity index (χ2v) is 11.0. The van der Waals surface area contributed by atoms with Crippen LogP contribution in [0.1, 0.15) is 60.9 Å². The molecule has 0 aliphatic carbocycles. The fourth-order valence-electron chi connectivity index (χ4n) is 4.61. The topological polar surface area (TPSA) is 127 Å². The van der Waals surface area contributed by atoms with Gasteiger partial charge in [-0.05, 0) is 29.7 Å². The molecule has 0 bridgehead atoms. The van der Waals surface area contributed by atoms with Crippen molar-refractivity contribution in [2.45, 2.75) is 51.4 Å². The summed E-state index contributed by atoms with van der Waals surface area (Å²) in [7, 11) is 1.79. The van der Waals surface area contributed by atoms with Gasteiger partial charge in [-0.25, -0.2) is 9.97 Å². The zero-order valence-electron chi connectivity index (χ0n) is 23.0. The average molecular weight is 570 g/mol. The number of carbonyl (C=O) groups excluding carboxylic acids is 1. The molecular formula is C27H30F3N9O2. The standard InChI is InChI=1S/C27H30F3N9O2/c1-26(2,3)24-36-22(37-41-24)23(40)34-21-8-10-39(15-27(28,29)30)13-17-11-16(5-6-19(17)21)20-7-9-31-25(35-20)33-18-12-32-38(4)14-18/h5-7,9,11-12,14,21H,8,10,13,15H2,1-4H3,(H,34,40)(H,31,33,35). The number of hydrogen-bond donors (Lipinski definition) is 2. The molecule has 3 aromatic heterocycles. The molecule has 1 aliphatic heterocycles.